The Morgan fingerprint density at radius 1 is 1.37 bits per heavy atom. The minimum absolute atomic E-state index is 0.0260. The number of hydrogen-bond donors (Lipinski definition) is 5. The predicted octanol–water partition coefficient (Wildman–Crippen LogP) is -0.871. The van der Waals surface area contributed by atoms with Crippen molar-refractivity contribution in [3.05, 3.63) is 41.2 Å². The summed E-state index contributed by atoms with van der Waals surface area (Å²) < 4.78 is 7.23. The van der Waals surface area contributed by atoms with Gasteiger partial charge in [-0.25, -0.2) is 4.79 Å². The number of rotatable bonds is 8. The molecule has 160 valence electrons. The molecular formula is C18H23BN4O7. The Hall–Kier alpha value is -3.09. The number of carboxylic acids is 1. The molecule has 0 bridgehead atoms. The molecule has 1 aliphatic heterocycles. The quantitative estimate of drug-likeness (QED) is 0.342. The molecule has 1 amide bonds. The molecule has 3 rings (SSSR count). The van der Waals surface area contributed by atoms with Crippen molar-refractivity contribution < 1.29 is 34.6 Å². The summed E-state index contributed by atoms with van der Waals surface area (Å²) >= 11 is 0. The van der Waals surface area contributed by atoms with E-state index in [0.29, 0.717) is 5.56 Å². The summed E-state index contributed by atoms with van der Waals surface area (Å²) in [6.07, 6.45) is 2.77. The Balaban J connectivity index is 1.64. The molecule has 1 atom stereocenters. The smallest absolute Gasteiger partial charge is 0.451 e. The van der Waals surface area contributed by atoms with Crippen molar-refractivity contribution in [2.75, 3.05) is 13.1 Å². The van der Waals surface area contributed by atoms with Crippen molar-refractivity contribution in [2.45, 2.75) is 24.9 Å². The fourth-order valence-electron chi connectivity index (χ4n) is 3.22. The van der Waals surface area contributed by atoms with Crippen LogP contribution < -0.4 is 10.5 Å². The van der Waals surface area contributed by atoms with Crippen LogP contribution in [0.4, 0.5) is 0 Å². The summed E-state index contributed by atoms with van der Waals surface area (Å²) in [5, 5.41) is 41.7. The van der Waals surface area contributed by atoms with Gasteiger partial charge in [0.1, 0.15) is 29.2 Å². The normalized spacial score (nSPS) is 14.9. The molecule has 12 heteroatoms. The van der Waals surface area contributed by atoms with E-state index in [0.717, 1.165) is 0 Å². The summed E-state index contributed by atoms with van der Waals surface area (Å²) in [7, 11) is 0.158. The maximum absolute atomic E-state index is 12.5. The first-order valence-electron chi connectivity index (χ1n) is 9.31. The fourth-order valence-corrected chi connectivity index (χ4v) is 3.22. The van der Waals surface area contributed by atoms with Gasteiger partial charge in [-0.2, -0.15) is 5.10 Å². The van der Waals surface area contributed by atoms with Crippen molar-refractivity contribution in [2.24, 2.45) is 12.8 Å². The molecule has 0 radical (unpaired) electrons. The minimum atomic E-state index is -1.56. The molecule has 0 spiro atoms. The number of aryl methyl sites for hydroxylation is 2. The highest BCUT2D eigenvalue weighted by molar-refractivity contribution is 6.41. The molecule has 1 fully saturated rings. The first kappa shape index (κ1) is 21.6. The van der Waals surface area contributed by atoms with Gasteiger partial charge in [0, 0.05) is 18.8 Å². The molecule has 0 saturated carbocycles. The number of benzene rings is 1. The van der Waals surface area contributed by atoms with E-state index in [9.17, 15) is 19.8 Å². The lowest BCUT2D eigenvalue weighted by Crippen LogP contribution is -2.58. The summed E-state index contributed by atoms with van der Waals surface area (Å²) in [4.78, 5) is 25.6. The number of carbonyl (C=O) groups excluding carboxylic acids is 1. The van der Waals surface area contributed by atoms with Crippen LogP contribution in [0.15, 0.2) is 24.5 Å². The van der Waals surface area contributed by atoms with Crippen LogP contribution in [0.3, 0.4) is 0 Å². The van der Waals surface area contributed by atoms with Gasteiger partial charge < -0.3 is 35.6 Å². The van der Waals surface area contributed by atoms with Gasteiger partial charge in [-0.15, -0.1) is 0 Å². The van der Waals surface area contributed by atoms with Crippen molar-refractivity contribution in [1.29, 1.82) is 0 Å². The second-order valence-electron chi connectivity index (χ2n) is 7.18. The third kappa shape index (κ3) is 4.56. The number of aromatic nitrogens is 2. The molecule has 11 nitrogen and oxygen atoms in total. The number of likely N-dealkylation sites (tertiary alicyclic amines) is 1. The number of carbonyl (C=O) groups is 2. The van der Waals surface area contributed by atoms with Gasteiger partial charge in [0.25, 0.3) is 0 Å². The van der Waals surface area contributed by atoms with E-state index in [1.54, 1.807) is 17.9 Å². The van der Waals surface area contributed by atoms with E-state index in [4.69, 9.17) is 20.5 Å². The Bertz CT molecular complexity index is 943. The second-order valence-corrected chi connectivity index (χ2v) is 7.18. The number of nitrogens with two attached hydrogens (primary N) is 1. The standard InChI is InChI=1S/C18H23BN4O7/c1-22-7-11(6-21-22)15(20)17(25)23-8-12(9-23)30-13-3-2-10(4-5-19(28)29)16(24)14(13)18(26)27/h2-3,6-7,12,15,24,28-29H,4-5,8-9,20H2,1H3,(H,26,27). The zero-order chi connectivity index (χ0) is 22.0. The van der Waals surface area contributed by atoms with Crippen LogP contribution in [-0.2, 0) is 18.3 Å². The molecule has 1 unspecified atom stereocenters. The third-order valence-corrected chi connectivity index (χ3v) is 4.91. The number of hydrogen-bond acceptors (Lipinski definition) is 8. The average Bonchev–Trinajstić information content (AvgIpc) is 3.08. The number of aromatic hydroxyl groups is 1. The molecule has 1 aromatic carbocycles. The first-order chi connectivity index (χ1) is 14.2. The van der Waals surface area contributed by atoms with Crippen molar-refractivity contribution in [3.63, 3.8) is 0 Å². The van der Waals surface area contributed by atoms with E-state index < -0.39 is 36.5 Å². The van der Waals surface area contributed by atoms with Crippen molar-refractivity contribution >= 4 is 19.0 Å². The van der Waals surface area contributed by atoms with Gasteiger partial charge >= 0.3 is 13.1 Å². The number of phenols is 1. The lowest BCUT2D eigenvalue weighted by molar-refractivity contribution is -0.141. The SMILES string of the molecule is Cn1cc(C(N)C(=O)N2CC(Oc3ccc(CCB(O)O)c(O)c3C(=O)O)C2)cn1. The largest absolute Gasteiger partial charge is 0.507 e. The first-order valence-corrected chi connectivity index (χ1v) is 9.31. The number of nitrogens with zero attached hydrogens (tertiary/aromatic N) is 3. The zero-order valence-corrected chi connectivity index (χ0v) is 16.3. The fraction of sp³-hybridized carbons (Fsp3) is 0.389. The van der Waals surface area contributed by atoms with Gasteiger partial charge in [0.05, 0.1) is 19.3 Å². The van der Waals surface area contributed by atoms with Crippen LogP contribution in [0.2, 0.25) is 6.32 Å². The topological polar surface area (TPSA) is 171 Å². The summed E-state index contributed by atoms with van der Waals surface area (Å²) in [6, 6.07) is 2.03. The highest BCUT2D eigenvalue weighted by Crippen LogP contribution is 2.34. The van der Waals surface area contributed by atoms with Gasteiger partial charge in [-0.3, -0.25) is 9.48 Å². The van der Waals surface area contributed by atoms with E-state index in [2.05, 4.69) is 5.10 Å². The van der Waals surface area contributed by atoms with Crippen LogP contribution in [0, 0.1) is 0 Å². The molecule has 2 heterocycles. The van der Waals surface area contributed by atoms with Crippen LogP contribution in [0.5, 0.6) is 11.5 Å². The molecular weight excluding hydrogens is 395 g/mol. The number of amides is 1. The lowest BCUT2D eigenvalue weighted by atomic mass is 9.82. The van der Waals surface area contributed by atoms with Gasteiger partial charge in [-0.1, -0.05) is 6.07 Å². The van der Waals surface area contributed by atoms with Crippen LogP contribution in [0.25, 0.3) is 0 Å². The molecule has 1 aliphatic rings. The highest BCUT2D eigenvalue weighted by Gasteiger charge is 2.36. The number of carboxylic acid groups (broad SMARTS) is 1. The Kier molecular flexibility index (Phi) is 6.29. The number of aromatic carboxylic acids is 1. The third-order valence-electron chi connectivity index (χ3n) is 4.91. The summed E-state index contributed by atoms with van der Waals surface area (Å²) in [5.41, 5.74) is 6.43. The average molecular weight is 418 g/mol. The molecule has 2 aromatic rings. The molecule has 1 aromatic heterocycles. The molecule has 6 N–H and O–H groups in total. The van der Waals surface area contributed by atoms with Crippen LogP contribution in [0.1, 0.15) is 27.5 Å². The van der Waals surface area contributed by atoms with E-state index >= 15 is 0 Å². The lowest BCUT2D eigenvalue weighted by Gasteiger charge is -2.40. The summed E-state index contributed by atoms with van der Waals surface area (Å²) in [6.45, 7) is 0.455. The summed E-state index contributed by atoms with van der Waals surface area (Å²) in [5.74, 6) is -2.17. The maximum Gasteiger partial charge on any atom is 0.451 e. The highest BCUT2D eigenvalue weighted by atomic mass is 16.5. The van der Waals surface area contributed by atoms with Crippen LogP contribution >= 0.6 is 0 Å². The maximum atomic E-state index is 12.5. The Morgan fingerprint density at radius 2 is 2.07 bits per heavy atom. The number of ether oxygens (including phenoxy) is 1. The monoisotopic (exact) mass is 418 g/mol. The van der Waals surface area contributed by atoms with Crippen molar-refractivity contribution in [3.8, 4) is 11.5 Å². The van der Waals surface area contributed by atoms with E-state index in [1.165, 1.54) is 23.2 Å². The zero-order valence-electron chi connectivity index (χ0n) is 16.3. The van der Waals surface area contributed by atoms with E-state index in [-0.39, 0.29) is 43.1 Å². The van der Waals surface area contributed by atoms with Crippen molar-refractivity contribution in [1.82, 2.24) is 14.7 Å². The predicted molar refractivity (Wildman–Crippen MR) is 105 cm³/mol. The van der Waals surface area contributed by atoms with Gasteiger partial charge in [0.2, 0.25) is 5.91 Å². The van der Waals surface area contributed by atoms with Gasteiger partial charge in [0.15, 0.2) is 0 Å². The van der Waals surface area contributed by atoms with E-state index in [1.807, 2.05) is 0 Å². The molecule has 1 saturated heterocycles. The molecule has 30 heavy (non-hydrogen) atoms. The minimum Gasteiger partial charge on any atom is -0.507 e. The Morgan fingerprint density at radius 3 is 2.63 bits per heavy atom. The Labute approximate surface area is 172 Å². The second kappa shape index (κ2) is 8.73. The van der Waals surface area contributed by atoms with Crippen LogP contribution in [-0.4, -0.2) is 73.1 Å². The van der Waals surface area contributed by atoms with Gasteiger partial charge in [-0.05, 0) is 24.4 Å². The molecule has 0 aliphatic carbocycles.